The molecule has 0 unspecified atom stereocenters. The number of benzene rings is 1. The minimum atomic E-state index is 0.322. The Kier molecular flexibility index (Phi) is 6.60. The van der Waals surface area contributed by atoms with E-state index in [2.05, 4.69) is 64.6 Å². The highest BCUT2D eigenvalue weighted by atomic mass is 16.1. The van der Waals surface area contributed by atoms with E-state index in [1.807, 2.05) is 0 Å². The van der Waals surface area contributed by atoms with Crippen molar-refractivity contribution in [2.45, 2.75) is 54.4 Å². The molecule has 1 aromatic rings. The second-order valence-corrected chi connectivity index (χ2v) is 7.27. The Morgan fingerprint density at radius 2 is 1.71 bits per heavy atom. The van der Waals surface area contributed by atoms with Crippen molar-refractivity contribution in [2.75, 3.05) is 19.6 Å². The molecule has 0 N–H and O–H groups in total. The molecule has 0 atom stereocenters. The predicted molar refractivity (Wildman–Crippen MR) is 90.8 cm³/mol. The van der Waals surface area contributed by atoms with Crippen molar-refractivity contribution >= 4 is 5.78 Å². The second-order valence-electron chi connectivity index (χ2n) is 7.27. The highest BCUT2D eigenvalue weighted by molar-refractivity contribution is 5.83. The van der Waals surface area contributed by atoms with Crippen LogP contribution in [0.25, 0.3) is 0 Å². The molecule has 0 aromatic heterocycles. The lowest BCUT2D eigenvalue weighted by Crippen LogP contribution is -2.33. The molecule has 0 aliphatic carbocycles. The van der Waals surface area contributed by atoms with E-state index in [1.54, 1.807) is 0 Å². The van der Waals surface area contributed by atoms with Gasteiger partial charge in [-0.15, -0.1) is 0 Å². The molecule has 0 fully saturated rings. The van der Waals surface area contributed by atoms with Crippen molar-refractivity contribution in [3.05, 3.63) is 34.9 Å². The van der Waals surface area contributed by atoms with Gasteiger partial charge < -0.3 is 0 Å². The Morgan fingerprint density at radius 3 is 2.19 bits per heavy atom. The largest absolute Gasteiger partial charge is 0.298 e. The third kappa shape index (κ3) is 6.43. The second kappa shape index (κ2) is 7.74. The number of hydrogen-bond acceptors (Lipinski definition) is 2. The van der Waals surface area contributed by atoms with Gasteiger partial charge >= 0.3 is 0 Å². The molecule has 0 heterocycles. The molecule has 1 aromatic carbocycles. The molecule has 2 heteroatoms. The lowest BCUT2D eigenvalue weighted by Gasteiger charge is -2.25. The van der Waals surface area contributed by atoms with Gasteiger partial charge in [-0.1, -0.05) is 45.9 Å². The summed E-state index contributed by atoms with van der Waals surface area (Å²) in [6.45, 7) is 15.6. The number of likely N-dealkylation sites (N-methyl/N-ethyl adjacent to an activating group) is 1. The molecule has 21 heavy (non-hydrogen) atoms. The summed E-state index contributed by atoms with van der Waals surface area (Å²) in [6, 6.07) is 6.24. The summed E-state index contributed by atoms with van der Waals surface area (Å²) in [5.74, 6) is 0.322. The third-order valence-corrected chi connectivity index (χ3v) is 4.04. The minimum absolute atomic E-state index is 0.322. The number of nitrogens with zero attached hydrogens (tertiary/aromatic N) is 1. The Balaban J connectivity index is 2.59. The molecule has 0 saturated carbocycles. The summed E-state index contributed by atoms with van der Waals surface area (Å²) in [5.41, 5.74) is 3.97. The molecule has 0 spiro atoms. The number of hydrogen-bond donors (Lipinski definition) is 0. The number of ketones is 1. The zero-order chi connectivity index (χ0) is 16.0. The fourth-order valence-electron chi connectivity index (χ4n) is 2.47. The Bertz CT molecular complexity index is 451. The predicted octanol–water partition coefficient (Wildman–Crippen LogP) is 4.17. The molecule has 0 amide bonds. The first-order chi connectivity index (χ1) is 9.73. The highest BCUT2D eigenvalue weighted by Gasteiger charge is 2.16. The van der Waals surface area contributed by atoms with Crippen molar-refractivity contribution in [1.82, 2.24) is 4.90 Å². The van der Waals surface area contributed by atoms with E-state index >= 15 is 0 Å². The molecule has 0 bridgehead atoms. The number of rotatable bonds is 7. The molecule has 118 valence electrons. The van der Waals surface area contributed by atoms with Crippen LogP contribution in [0, 0.1) is 19.3 Å². The van der Waals surface area contributed by atoms with Crippen LogP contribution in [0.2, 0.25) is 0 Å². The lowest BCUT2D eigenvalue weighted by molar-refractivity contribution is -0.119. The molecule has 0 aliphatic heterocycles. The molecule has 1 rings (SSSR count). The molecule has 2 nitrogen and oxygen atoms in total. The number of carbonyl (C=O) groups excluding carboxylic acids is 1. The Hall–Kier alpha value is -1.15. The summed E-state index contributed by atoms with van der Waals surface area (Å²) < 4.78 is 0. The van der Waals surface area contributed by atoms with Gasteiger partial charge in [-0.2, -0.15) is 0 Å². The van der Waals surface area contributed by atoms with Crippen LogP contribution in [0.3, 0.4) is 0 Å². The van der Waals surface area contributed by atoms with Crippen molar-refractivity contribution in [2.24, 2.45) is 5.41 Å². The number of aryl methyl sites for hydroxylation is 2. The van der Waals surface area contributed by atoms with Crippen LogP contribution in [0.15, 0.2) is 18.2 Å². The van der Waals surface area contributed by atoms with Crippen molar-refractivity contribution < 1.29 is 4.79 Å². The van der Waals surface area contributed by atoms with Crippen molar-refractivity contribution in [1.29, 1.82) is 0 Å². The summed E-state index contributed by atoms with van der Waals surface area (Å²) >= 11 is 0. The quantitative estimate of drug-likeness (QED) is 0.750. The minimum Gasteiger partial charge on any atom is -0.298 e. The van der Waals surface area contributed by atoms with Gasteiger partial charge in [0.05, 0.1) is 6.54 Å². The average Bonchev–Trinajstić information content (AvgIpc) is 2.38. The molecular formula is C19H31NO. The molecule has 0 aliphatic rings. The molecule has 0 radical (unpaired) electrons. The zero-order valence-corrected chi connectivity index (χ0v) is 14.6. The average molecular weight is 289 g/mol. The summed E-state index contributed by atoms with van der Waals surface area (Å²) in [7, 11) is 0. The molecular weight excluding hydrogens is 258 g/mol. The summed E-state index contributed by atoms with van der Waals surface area (Å²) in [6.07, 6.45) is 1.68. The van der Waals surface area contributed by atoms with E-state index in [1.165, 1.54) is 16.7 Å². The monoisotopic (exact) mass is 289 g/mol. The maximum absolute atomic E-state index is 12.4. The van der Waals surface area contributed by atoms with Gasteiger partial charge in [-0.25, -0.2) is 0 Å². The first-order valence-corrected chi connectivity index (χ1v) is 8.02. The van der Waals surface area contributed by atoms with Crippen LogP contribution in [-0.2, 0) is 11.2 Å². The topological polar surface area (TPSA) is 20.3 Å². The van der Waals surface area contributed by atoms with Gasteiger partial charge in [0.2, 0.25) is 0 Å². The summed E-state index contributed by atoms with van der Waals surface area (Å²) in [4.78, 5) is 14.6. The maximum atomic E-state index is 12.4. The smallest absolute Gasteiger partial charge is 0.151 e. The standard InChI is InChI=1S/C19H31NO/c1-7-20(12-11-19(4,5)6)14-17(21)13-18-15(2)9-8-10-16(18)3/h8-10H,7,11-14H2,1-6H3. The number of carbonyl (C=O) groups is 1. The van der Waals surface area contributed by atoms with Crippen molar-refractivity contribution in [3.63, 3.8) is 0 Å². The van der Waals surface area contributed by atoms with E-state index in [0.29, 0.717) is 24.2 Å². The fourth-order valence-corrected chi connectivity index (χ4v) is 2.47. The molecule has 0 saturated heterocycles. The van der Waals surface area contributed by atoms with E-state index in [-0.39, 0.29) is 0 Å². The van der Waals surface area contributed by atoms with Gasteiger partial charge in [0, 0.05) is 6.42 Å². The Morgan fingerprint density at radius 1 is 1.14 bits per heavy atom. The van der Waals surface area contributed by atoms with Crippen LogP contribution in [0.4, 0.5) is 0 Å². The Labute approximate surface area is 130 Å². The van der Waals surface area contributed by atoms with Gasteiger partial charge in [-0.3, -0.25) is 9.69 Å². The van der Waals surface area contributed by atoms with Gasteiger partial charge in [-0.05, 0) is 55.5 Å². The van der Waals surface area contributed by atoms with Gasteiger partial charge in [0.15, 0.2) is 5.78 Å². The third-order valence-electron chi connectivity index (χ3n) is 4.04. The first-order valence-electron chi connectivity index (χ1n) is 8.02. The van der Waals surface area contributed by atoms with Crippen LogP contribution in [0.1, 0.15) is 50.8 Å². The maximum Gasteiger partial charge on any atom is 0.151 e. The first kappa shape index (κ1) is 17.9. The number of Topliss-reactive ketones (excluding diaryl/α,β-unsaturated/α-hetero) is 1. The fraction of sp³-hybridized carbons (Fsp3) is 0.632. The SMILES string of the molecule is CCN(CCC(C)(C)C)CC(=O)Cc1c(C)cccc1C. The van der Waals surface area contributed by atoms with Crippen molar-refractivity contribution in [3.8, 4) is 0 Å². The van der Waals surface area contributed by atoms with E-state index in [9.17, 15) is 4.79 Å². The van der Waals surface area contributed by atoms with Crippen LogP contribution in [0.5, 0.6) is 0 Å². The van der Waals surface area contributed by atoms with E-state index in [0.717, 1.165) is 19.5 Å². The van der Waals surface area contributed by atoms with E-state index in [4.69, 9.17) is 0 Å². The zero-order valence-electron chi connectivity index (χ0n) is 14.6. The lowest BCUT2D eigenvalue weighted by atomic mass is 9.92. The van der Waals surface area contributed by atoms with Crippen LogP contribution in [-0.4, -0.2) is 30.3 Å². The van der Waals surface area contributed by atoms with E-state index < -0.39 is 0 Å². The van der Waals surface area contributed by atoms with Crippen LogP contribution < -0.4 is 0 Å². The summed E-state index contributed by atoms with van der Waals surface area (Å²) in [5, 5.41) is 0. The van der Waals surface area contributed by atoms with Gasteiger partial charge in [0.25, 0.3) is 0 Å². The van der Waals surface area contributed by atoms with Crippen LogP contribution >= 0.6 is 0 Å². The van der Waals surface area contributed by atoms with Gasteiger partial charge in [0.1, 0.15) is 0 Å². The normalized spacial score (nSPS) is 12.0. The highest BCUT2D eigenvalue weighted by Crippen LogP contribution is 2.19.